The van der Waals surface area contributed by atoms with E-state index in [1.807, 2.05) is 25.1 Å². The third kappa shape index (κ3) is 7.32. The van der Waals surface area contributed by atoms with Crippen molar-refractivity contribution in [1.29, 1.82) is 0 Å². The molecule has 2 rings (SSSR count). The topological polar surface area (TPSA) is 75.1 Å². The minimum atomic E-state index is -0.741. The maximum absolute atomic E-state index is 10.5. The van der Waals surface area contributed by atoms with Crippen LogP contribution >= 0.6 is 0 Å². The van der Waals surface area contributed by atoms with Crippen molar-refractivity contribution in [2.75, 3.05) is 39.5 Å². The van der Waals surface area contributed by atoms with E-state index in [4.69, 9.17) is 9.47 Å². The van der Waals surface area contributed by atoms with Gasteiger partial charge in [0.15, 0.2) is 5.96 Å². The zero-order valence-electron chi connectivity index (χ0n) is 16.0. The van der Waals surface area contributed by atoms with Crippen LogP contribution in [0.15, 0.2) is 35.3 Å². The van der Waals surface area contributed by atoms with Crippen molar-refractivity contribution >= 4 is 5.96 Å². The van der Waals surface area contributed by atoms with E-state index in [0.29, 0.717) is 39.2 Å². The van der Waals surface area contributed by atoms with Crippen molar-refractivity contribution < 1.29 is 14.6 Å². The van der Waals surface area contributed by atoms with Crippen LogP contribution in [0.1, 0.15) is 44.8 Å². The van der Waals surface area contributed by atoms with Crippen LogP contribution in [0.2, 0.25) is 0 Å². The fraction of sp³-hybridized carbons (Fsp3) is 0.650. The molecule has 0 aromatic heterocycles. The first kappa shape index (κ1) is 20.7. The predicted octanol–water partition coefficient (Wildman–Crippen LogP) is 2.25. The summed E-state index contributed by atoms with van der Waals surface area (Å²) in [5.41, 5.74) is 0.453. The normalized spacial score (nSPS) is 18.3. The minimum absolute atomic E-state index is 0.0980. The van der Waals surface area contributed by atoms with Crippen LogP contribution < -0.4 is 10.6 Å². The largest absolute Gasteiger partial charge is 0.388 e. The molecule has 6 nitrogen and oxygen atoms in total. The van der Waals surface area contributed by atoms with Gasteiger partial charge in [-0.1, -0.05) is 30.3 Å². The molecule has 1 unspecified atom stereocenters. The maximum atomic E-state index is 10.5. The number of aliphatic imine (C=N–C) groups is 1. The second-order valence-electron chi connectivity index (χ2n) is 6.74. The van der Waals surface area contributed by atoms with Gasteiger partial charge in [0.05, 0.1) is 18.2 Å². The molecule has 1 aliphatic heterocycles. The van der Waals surface area contributed by atoms with Crippen molar-refractivity contribution in [3.8, 4) is 0 Å². The Balaban J connectivity index is 1.68. The van der Waals surface area contributed by atoms with Crippen LogP contribution in [0.3, 0.4) is 0 Å². The summed E-state index contributed by atoms with van der Waals surface area (Å²) >= 11 is 0. The molecule has 1 heterocycles. The number of nitrogens with one attached hydrogen (secondary N) is 2. The Morgan fingerprint density at radius 3 is 2.69 bits per heavy atom. The molecule has 0 radical (unpaired) electrons. The molecule has 0 spiro atoms. The Hall–Kier alpha value is -1.63. The number of benzene rings is 1. The fourth-order valence-corrected chi connectivity index (χ4v) is 2.84. The highest BCUT2D eigenvalue weighted by molar-refractivity contribution is 5.79. The van der Waals surface area contributed by atoms with Gasteiger partial charge in [-0.25, -0.2) is 0 Å². The highest BCUT2D eigenvalue weighted by atomic mass is 16.5. The van der Waals surface area contributed by atoms with Crippen LogP contribution in [-0.4, -0.2) is 56.1 Å². The first-order chi connectivity index (χ1) is 12.6. The summed E-state index contributed by atoms with van der Waals surface area (Å²) in [6.45, 7) is 7.95. The molecule has 26 heavy (non-hydrogen) atoms. The quantitative estimate of drug-likeness (QED) is 0.356. The fourth-order valence-electron chi connectivity index (χ4n) is 2.84. The van der Waals surface area contributed by atoms with E-state index in [9.17, 15) is 5.11 Å². The lowest BCUT2D eigenvalue weighted by atomic mass is 9.95. The molecule has 0 aliphatic carbocycles. The second-order valence-corrected chi connectivity index (χ2v) is 6.74. The van der Waals surface area contributed by atoms with E-state index in [0.717, 1.165) is 25.5 Å². The van der Waals surface area contributed by atoms with Crippen molar-refractivity contribution in [3.05, 3.63) is 35.9 Å². The van der Waals surface area contributed by atoms with Crippen molar-refractivity contribution in [1.82, 2.24) is 10.6 Å². The number of guanidine groups is 1. The molecule has 0 saturated carbocycles. The van der Waals surface area contributed by atoms with Gasteiger partial charge in [-0.2, -0.15) is 0 Å². The molecule has 146 valence electrons. The molecular formula is C20H33N3O3. The summed E-state index contributed by atoms with van der Waals surface area (Å²) in [6, 6.07) is 10.2. The number of nitrogens with zero attached hydrogens (tertiary/aromatic N) is 1. The molecule has 1 atom stereocenters. The number of ether oxygens (including phenoxy) is 2. The third-order valence-electron chi connectivity index (χ3n) is 4.55. The lowest BCUT2D eigenvalue weighted by Crippen LogP contribution is -2.42. The zero-order valence-corrected chi connectivity index (χ0v) is 16.0. The Morgan fingerprint density at radius 2 is 2.00 bits per heavy atom. The first-order valence-corrected chi connectivity index (χ1v) is 9.62. The number of rotatable bonds is 9. The van der Waals surface area contributed by atoms with Crippen molar-refractivity contribution in [3.63, 3.8) is 0 Å². The third-order valence-corrected chi connectivity index (χ3v) is 4.55. The lowest BCUT2D eigenvalue weighted by Gasteiger charge is -2.30. The highest BCUT2D eigenvalue weighted by Crippen LogP contribution is 2.20. The Bertz CT molecular complexity index is 530. The van der Waals surface area contributed by atoms with Gasteiger partial charge in [0, 0.05) is 45.8 Å². The number of aliphatic hydroxyl groups is 1. The monoisotopic (exact) mass is 363 g/mol. The van der Waals surface area contributed by atoms with Gasteiger partial charge >= 0.3 is 0 Å². The number of hydrogen-bond acceptors (Lipinski definition) is 4. The van der Waals surface area contributed by atoms with Crippen molar-refractivity contribution in [2.24, 2.45) is 4.99 Å². The van der Waals surface area contributed by atoms with Gasteiger partial charge < -0.3 is 25.2 Å². The van der Waals surface area contributed by atoms with Gasteiger partial charge in [0.1, 0.15) is 0 Å². The van der Waals surface area contributed by atoms with Crippen LogP contribution in [0.25, 0.3) is 0 Å². The number of hydrogen-bond donors (Lipinski definition) is 3. The van der Waals surface area contributed by atoms with Crippen LogP contribution in [-0.2, 0) is 9.47 Å². The highest BCUT2D eigenvalue weighted by Gasteiger charge is 2.29. The molecule has 0 bridgehead atoms. The summed E-state index contributed by atoms with van der Waals surface area (Å²) in [5.74, 6) is 0.739. The summed E-state index contributed by atoms with van der Waals surface area (Å²) in [7, 11) is 0. The molecule has 3 N–H and O–H groups in total. The molecule has 1 saturated heterocycles. The summed E-state index contributed by atoms with van der Waals surface area (Å²) in [4.78, 5) is 4.54. The van der Waals surface area contributed by atoms with E-state index < -0.39 is 5.60 Å². The molecule has 1 aliphatic rings. The van der Waals surface area contributed by atoms with E-state index in [1.165, 1.54) is 5.56 Å². The molecular weight excluding hydrogens is 330 g/mol. The van der Waals surface area contributed by atoms with Crippen LogP contribution in [0.4, 0.5) is 0 Å². The molecule has 0 amide bonds. The summed E-state index contributed by atoms with van der Waals surface area (Å²) < 4.78 is 11.2. The maximum Gasteiger partial charge on any atom is 0.191 e. The second kappa shape index (κ2) is 11.2. The Morgan fingerprint density at radius 1 is 1.27 bits per heavy atom. The summed E-state index contributed by atoms with van der Waals surface area (Å²) in [6.07, 6.45) is 2.27. The molecule has 6 heteroatoms. The van der Waals surface area contributed by atoms with Gasteiger partial charge in [-0.15, -0.1) is 0 Å². The first-order valence-electron chi connectivity index (χ1n) is 9.62. The van der Waals surface area contributed by atoms with Gasteiger partial charge in [0.2, 0.25) is 0 Å². The lowest BCUT2D eigenvalue weighted by molar-refractivity contribution is -0.0566. The van der Waals surface area contributed by atoms with Gasteiger partial charge in [-0.3, -0.25) is 4.99 Å². The average Bonchev–Trinajstić information content (AvgIpc) is 2.67. The van der Waals surface area contributed by atoms with E-state index >= 15 is 0 Å². The van der Waals surface area contributed by atoms with E-state index in [-0.39, 0.29) is 6.10 Å². The Labute approximate surface area is 157 Å². The van der Waals surface area contributed by atoms with Crippen LogP contribution in [0, 0.1) is 0 Å². The van der Waals surface area contributed by atoms with E-state index in [1.54, 1.807) is 0 Å². The molecule has 1 fully saturated rings. The van der Waals surface area contributed by atoms with Gasteiger partial charge in [0.25, 0.3) is 0 Å². The molecule has 1 aromatic carbocycles. The van der Waals surface area contributed by atoms with Crippen LogP contribution in [0.5, 0.6) is 0 Å². The standard InChI is InChI=1S/C20H33N3O3/c1-3-21-19(23-16-20(24)10-14-25-15-11-20)22-12-7-13-26-17(2)18-8-5-4-6-9-18/h4-6,8-9,17,24H,3,7,10-16H2,1-2H3,(H2,21,22,23). The minimum Gasteiger partial charge on any atom is -0.388 e. The van der Waals surface area contributed by atoms with Gasteiger partial charge in [-0.05, 0) is 25.8 Å². The van der Waals surface area contributed by atoms with E-state index in [2.05, 4.69) is 34.7 Å². The predicted molar refractivity (Wildman–Crippen MR) is 104 cm³/mol. The molecule has 1 aromatic rings. The Kier molecular flexibility index (Phi) is 8.88. The summed E-state index contributed by atoms with van der Waals surface area (Å²) in [5, 5.41) is 17.0. The zero-order chi connectivity index (χ0) is 18.7. The van der Waals surface area contributed by atoms with Crippen molar-refractivity contribution in [2.45, 2.75) is 44.8 Å². The average molecular weight is 364 g/mol. The SMILES string of the molecule is CCNC(=NCC1(O)CCOCC1)NCCCOC(C)c1ccccc1. The smallest absolute Gasteiger partial charge is 0.191 e.